The van der Waals surface area contributed by atoms with E-state index in [1.807, 2.05) is 0 Å². The second-order valence-corrected chi connectivity index (χ2v) is 5.42. The summed E-state index contributed by atoms with van der Waals surface area (Å²) in [6.45, 7) is 0. The Kier molecular flexibility index (Phi) is 3.55. The zero-order chi connectivity index (χ0) is 12.5. The fourth-order valence-electron chi connectivity index (χ4n) is 1.06. The van der Waals surface area contributed by atoms with E-state index in [0.29, 0.717) is 14.7 Å². The SMILES string of the molecule is OC(CSc1nc2cccnc2s1)C(F)(F)F. The van der Waals surface area contributed by atoms with Crippen LogP contribution < -0.4 is 0 Å². The number of aliphatic hydroxyl groups excluding tert-OH is 1. The Hall–Kier alpha value is -0.860. The van der Waals surface area contributed by atoms with Gasteiger partial charge in [-0.05, 0) is 12.1 Å². The largest absolute Gasteiger partial charge is 0.415 e. The second-order valence-electron chi connectivity index (χ2n) is 3.18. The summed E-state index contributed by atoms with van der Waals surface area (Å²) < 4.78 is 36.7. The van der Waals surface area contributed by atoms with Crippen LogP contribution in [0.2, 0.25) is 0 Å². The minimum atomic E-state index is -4.58. The zero-order valence-corrected chi connectivity index (χ0v) is 9.94. The summed E-state index contributed by atoms with van der Waals surface area (Å²) in [5.41, 5.74) is 0.654. The molecule has 0 spiro atoms. The zero-order valence-electron chi connectivity index (χ0n) is 8.31. The standard InChI is InChI=1S/C9H7F3N2OS2/c10-9(11,12)6(15)4-16-8-14-5-2-1-3-13-7(5)17-8/h1-3,6,15H,4H2. The number of halogens is 3. The summed E-state index contributed by atoms with van der Waals surface area (Å²) in [6.07, 6.45) is -5.31. The third-order valence-corrected chi connectivity index (χ3v) is 4.09. The second kappa shape index (κ2) is 4.79. The van der Waals surface area contributed by atoms with Crippen LogP contribution in [0.25, 0.3) is 10.3 Å². The number of pyridine rings is 1. The van der Waals surface area contributed by atoms with E-state index in [0.717, 1.165) is 11.8 Å². The minimum absolute atomic E-state index is 0.455. The molecule has 2 rings (SSSR count). The number of thiazole rings is 1. The van der Waals surface area contributed by atoms with Crippen molar-refractivity contribution in [1.29, 1.82) is 0 Å². The van der Waals surface area contributed by atoms with Crippen LogP contribution in [0.5, 0.6) is 0 Å². The molecule has 0 saturated carbocycles. The predicted octanol–water partition coefficient (Wildman–Crippen LogP) is 2.71. The number of hydrogen-bond donors (Lipinski definition) is 1. The first-order chi connectivity index (χ1) is 7.97. The van der Waals surface area contributed by atoms with E-state index in [2.05, 4.69) is 9.97 Å². The summed E-state index contributed by atoms with van der Waals surface area (Å²) in [7, 11) is 0. The Morgan fingerprint density at radius 1 is 1.47 bits per heavy atom. The predicted molar refractivity (Wildman–Crippen MR) is 60.2 cm³/mol. The molecule has 2 heterocycles. The maximum atomic E-state index is 12.1. The lowest BCUT2D eigenvalue weighted by atomic mass is 10.4. The van der Waals surface area contributed by atoms with Gasteiger partial charge in [0.05, 0.1) is 0 Å². The average molecular weight is 280 g/mol. The van der Waals surface area contributed by atoms with Gasteiger partial charge in [0.25, 0.3) is 0 Å². The van der Waals surface area contributed by atoms with E-state index in [4.69, 9.17) is 5.11 Å². The molecule has 0 radical (unpaired) electrons. The van der Waals surface area contributed by atoms with Crippen molar-refractivity contribution < 1.29 is 18.3 Å². The summed E-state index contributed by atoms with van der Waals surface area (Å²) in [4.78, 5) is 8.82. The van der Waals surface area contributed by atoms with Gasteiger partial charge < -0.3 is 5.11 Å². The average Bonchev–Trinajstić information content (AvgIpc) is 2.66. The van der Waals surface area contributed by atoms with E-state index < -0.39 is 18.0 Å². The number of alkyl halides is 3. The Bertz CT molecular complexity index is 481. The van der Waals surface area contributed by atoms with E-state index in [1.165, 1.54) is 11.3 Å². The van der Waals surface area contributed by atoms with E-state index in [9.17, 15) is 13.2 Å². The molecular formula is C9H7F3N2OS2. The van der Waals surface area contributed by atoms with Crippen LogP contribution in [0, 0.1) is 0 Å². The Morgan fingerprint density at radius 2 is 2.24 bits per heavy atom. The van der Waals surface area contributed by atoms with Gasteiger partial charge in [-0.25, -0.2) is 9.97 Å². The molecule has 0 aliphatic rings. The highest BCUT2D eigenvalue weighted by Crippen LogP contribution is 2.31. The van der Waals surface area contributed by atoms with Crippen molar-refractivity contribution in [2.75, 3.05) is 5.75 Å². The molecule has 0 amide bonds. The number of aliphatic hydroxyl groups is 1. The lowest BCUT2D eigenvalue weighted by molar-refractivity contribution is -0.195. The number of fused-ring (bicyclic) bond motifs is 1. The topological polar surface area (TPSA) is 46.0 Å². The normalized spacial score (nSPS) is 14.1. The molecule has 1 atom stereocenters. The Labute approximate surface area is 103 Å². The molecule has 2 aromatic heterocycles. The highest BCUT2D eigenvalue weighted by Gasteiger charge is 2.38. The van der Waals surface area contributed by atoms with Gasteiger partial charge >= 0.3 is 6.18 Å². The lowest BCUT2D eigenvalue weighted by Crippen LogP contribution is -2.30. The van der Waals surface area contributed by atoms with Gasteiger partial charge in [-0.2, -0.15) is 13.2 Å². The van der Waals surface area contributed by atoms with Crippen molar-refractivity contribution in [3.8, 4) is 0 Å². The van der Waals surface area contributed by atoms with Gasteiger partial charge in [-0.3, -0.25) is 0 Å². The van der Waals surface area contributed by atoms with Crippen molar-refractivity contribution in [2.24, 2.45) is 0 Å². The van der Waals surface area contributed by atoms with Gasteiger partial charge in [-0.15, -0.1) is 0 Å². The number of hydrogen-bond acceptors (Lipinski definition) is 5. The fraction of sp³-hybridized carbons (Fsp3) is 0.333. The van der Waals surface area contributed by atoms with Gasteiger partial charge in [-0.1, -0.05) is 23.1 Å². The van der Waals surface area contributed by atoms with Crippen molar-refractivity contribution >= 4 is 33.4 Å². The molecule has 0 aliphatic heterocycles. The first-order valence-electron chi connectivity index (χ1n) is 4.56. The number of rotatable bonds is 3. The van der Waals surface area contributed by atoms with E-state index in [1.54, 1.807) is 18.3 Å². The maximum Gasteiger partial charge on any atom is 0.415 e. The molecular weight excluding hydrogens is 273 g/mol. The van der Waals surface area contributed by atoms with Gasteiger partial charge in [0.1, 0.15) is 10.3 Å². The summed E-state index contributed by atoms with van der Waals surface area (Å²) in [6, 6.07) is 3.45. The van der Waals surface area contributed by atoms with Crippen LogP contribution in [-0.2, 0) is 0 Å². The highest BCUT2D eigenvalue weighted by molar-refractivity contribution is 8.01. The highest BCUT2D eigenvalue weighted by atomic mass is 32.2. The molecule has 1 N–H and O–H groups in total. The van der Waals surface area contributed by atoms with Crippen molar-refractivity contribution in [2.45, 2.75) is 16.6 Å². The third-order valence-electron chi connectivity index (χ3n) is 1.89. The lowest BCUT2D eigenvalue weighted by Gasteiger charge is -2.12. The molecule has 8 heteroatoms. The Morgan fingerprint density at radius 3 is 2.88 bits per heavy atom. The quantitative estimate of drug-likeness (QED) is 0.878. The van der Waals surface area contributed by atoms with Crippen LogP contribution in [0.4, 0.5) is 13.2 Å². The van der Waals surface area contributed by atoms with Gasteiger partial charge in [0, 0.05) is 11.9 Å². The van der Waals surface area contributed by atoms with E-state index in [-0.39, 0.29) is 0 Å². The molecule has 1 unspecified atom stereocenters. The van der Waals surface area contributed by atoms with Crippen LogP contribution in [0.1, 0.15) is 0 Å². The maximum absolute atomic E-state index is 12.1. The van der Waals surface area contributed by atoms with Crippen molar-refractivity contribution in [3.63, 3.8) is 0 Å². The molecule has 2 aromatic rings. The van der Waals surface area contributed by atoms with Crippen LogP contribution in [0.3, 0.4) is 0 Å². The monoisotopic (exact) mass is 280 g/mol. The van der Waals surface area contributed by atoms with Crippen molar-refractivity contribution in [3.05, 3.63) is 18.3 Å². The molecule has 92 valence electrons. The van der Waals surface area contributed by atoms with Gasteiger partial charge in [0.2, 0.25) is 0 Å². The summed E-state index contributed by atoms with van der Waals surface area (Å²) in [5, 5.41) is 8.84. The third kappa shape index (κ3) is 3.08. The van der Waals surface area contributed by atoms with Crippen LogP contribution in [0.15, 0.2) is 22.7 Å². The summed E-state index contributed by atoms with van der Waals surface area (Å²) in [5.74, 6) is -0.455. The van der Waals surface area contributed by atoms with Crippen LogP contribution >= 0.6 is 23.1 Å². The van der Waals surface area contributed by atoms with Crippen LogP contribution in [-0.4, -0.2) is 33.1 Å². The molecule has 3 nitrogen and oxygen atoms in total. The summed E-state index contributed by atoms with van der Waals surface area (Å²) >= 11 is 2.09. The van der Waals surface area contributed by atoms with Crippen molar-refractivity contribution in [1.82, 2.24) is 9.97 Å². The number of thioether (sulfide) groups is 1. The number of aromatic nitrogens is 2. The molecule has 0 aromatic carbocycles. The number of nitrogens with zero attached hydrogens (tertiary/aromatic N) is 2. The first kappa shape index (κ1) is 12.6. The smallest absolute Gasteiger partial charge is 0.383 e. The fourth-order valence-corrected chi connectivity index (χ4v) is 3.03. The molecule has 0 saturated heterocycles. The Balaban J connectivity index is 2.04. The molecule has 0 aliphatic carbocycles. The van der Waals surface area contributed by atoms with E-state index >= 15 is 0 Å². The first-order valence-corrected chi connectivity index (χ1v) is 6.36. The minimum Gasteiger partial charge on any atom is -0.383 e. The van der Waals surface area contributed by atoms with Gasteiger partial charge in [0.15, 0.2) is 10.4 Å². The molecule has 0 bridgehead atoms. The molecule has 17 heavy (non-hydrogen) atoms. The molecule has 0 fully saturated rings.